The topological polar surface area (TPSA) is 38.5 Å². The Labute approximate surface area is 126 Å². The molecule has 4 heteroatoms. The van der Waals surface area contributed by atoms with Crippen LogP contribution >= 0.6 is 11.6 Å². The van der Waals surface area contributed by atoms with Crippen molar-refractivity contribution in [3.63, 3.8) is 0 Å². The Hall–Kier alpha value is -0.770. The highest BCUT2D eigenvalue weighted by Crippen LogP contribution is 2.44. The molecule has 2 heterocycles. The Morgan fingerprint density at radius 2 is 2.15 bits per heavy atom. The zero-order valence-corrected chi connectivity index (χ0v) is 12.8. The number of piperidine rings is 1. The minimum atomic E-state index is -0.0650. The van der Waals surface area contributed by atoms with Crippen molar-refractivity contribution >= 4 is 11.6 Å². The number of fused-ring (bicyclic) bond motifs is 1. The molecule has 1 fully saturated rings. The van der Waals surface area contributed by atoms with Gasteiger partial charge in [-0.25, -0.2) is 0 Å². The molecule has 1 spiro atoms. The minimum absolute atomic E-state index is 0.0372. The van der Waals surface area contributed by atoms with E-state index in [1.165, 1.54) is 13.0 Å². The molecule has 0 aliphatic carbocycles. The van der Waals surface area contributed by atoms with Crippen LogP contribution in [0.3, 0.4) is 0 Å². The zero-order valence-electron chi connectivity index (χ0n) is 12.1. The fourth-order valence-corrected chi connectivity index (χ4v) is 3.67. The molecule has 1 aromatic rings. The normalized spacial score (nSPS) is 25.2. The van der Waals surface area contributed by atoms with E-state index in [1.807, 2.05) is 18.2 Å². The number of hydrogen-bond donors (Lipinski definition) is 1. The van der Waals surface area contributed by atoms with Gasteiger partial charge in [0.15, 0.2) is 0 Å². The Bertz CT molecular complexity index is 483. The van der Waals surface area contributed by atoms with Crippen LogP contribution in [0.25, 0.3) is 0 Å². The van der Waals surface area contributed by atoms with Gasteiger partial charge in [0.05, 0.1) is 0 Å². The lowest BCUT2D eigenvalue weighted by Crippen LogP contribution is -2.51. The predicted molar refractivity (Wildman–Crippen MR) is 82.3 cm³/mol. The highest BCUT2D eigenvalue weighted by molar-refractivity contribution is 6.30. The second kappa shape index (κ2) is 5.55. The first-order valence-electron chi connectivity index (χ1n) is 7.58. The van der Waals surface area contributed by atoms with E-state index in [0.717, 1.165) is 48.7 Å². The summed E-state index contributed by atoms with van der Waals surface area (Å²) in [5.74, 6) is 0.928. The SMILES string of the molecule is CCCN1CCC2(CC1)C[C@@H](N)c1cc(Cl)ccc1O2. The molecular formula is C16H23ClN2O. The van der Waals surface area contributed by atoms with Gasteiger partial charge in [-0.1, -0.05) is 18.5 Å². The largest absolute Gasteiger partial charge is 0.487 e. The fraction of sp³-hybridized carbons (Fsp3) is 0.625. The molecule has 1 saturated heterocycles. The van der Waals surface area contributed by atoms with Crippen LogP contribution in [-0.4, -0.2) is 30.1 Å². The number of rotatable bonds is 2. The number of ether oxygens (including phenoxy) is 1. The molecule has 0 aromatic heterocycles. The lowest BCUT2D eigenvalue weighted by Gasteiger charge is -2.46. The first-order valence-corrected chi connectivity index (χ1v) is 7.96. The van der Waals surface area contributed by atoms with Crippen LogP contribution in [0.1, 0.15) is 44.2 Å². The molecule has 0 radical (unpaired) electrons. The van der Waals surface area contributed by atoms with E-state index in [4.69, 9.17) is 22.1 Å². The standard InChI is InChI=1S/C16H23ClN2O/c1-2-7-19-8-5-16(6-9-19)11-14(18)13-10-12(17)3-4-15(13)20-16/h3-4,10,14H,2,5-9,11,18H2,1H3/t14-/m1/s1. The van der Waals surface area contributed by atoms with Gasteiger partial charge in [-0.15, -0.1) is 0 Å². The lowest BCUT2D eigenvalue weighted by atomic mass is 9.81. The van der Waals surface area contributed by atoms with Crippen molar-refractivity contribution in [3.05, 3.63) is 28.8 Å². The number of likely N-dealkylation sites (tertiary alicyclic amines) is 1. The van der Waals surface area contributed by atoms with Gasteiger partial charge in [0.2, 0.25) is 0 Å². The Morgan fingerprint density at radius 3 is 2.85 bits per heavy atom. The van der Waals surface area contributed by atoms with Crippen LogP contribution in [-0.2, 0) is 0 Å². The molecule has 2 N–H and O–H groups in total. The summed E-state index contributed by atoms with van der Waals surface area (Å²) in [4.78, 5) is 2.53. The number of benzene rings is 1. The van der Waals surface area contributed by atoms with Crippen molar-refractivity contribution in [2.75, 3.05) is 19.6 Å². The Kier molecular flexibility index (Phi) is 3.93. The van der Waals surface area contributed by atoms with Crippen molar-refractivity contribution in [2.45, 2.75) is 44.2 Å². The van der Waals surface area contributed by atoms with Gasteiger partial charge in [0.1, 0.15) is 11.4 Å². The van der Waals surface area contributed by atoms with E-state index >= 15 is 0 Å². The van der Waals surface area contributed by atoms with Crippen molar-refractivity contribution in [3.8, 4) is 5.75 Å². The summed E-state index contributed by atoms with van der Waals surface area (Å²) in [5.41, 5.74) is 7.35. The second-order valence-corrected chi connectivity index (χ2v) is 6.56. The number of halogens is 1. The van der Waals surface area contributed by atoms with E-state index in [-0.39, 0.29) is 11.6 Å². The smallest absolute Gasteiger partial charge is 0.125 e. The van der Waals surface area contributed by atoms with E-state index in [2.05, 4.69) is 11.8 Å². The predicted octanol–water partition coefficient (Wildman–Crippen LogP) is 3.37. The van der Waals surface area contributed by atoms with E-state index in [0.29, 0.717) is 0 Å². The van der Waals surface area contributed by atoms with Crippen LogP contribution in [0.2, 0.25) is 5.02 Å². The third-order valence-electron chi connectivity index (χ3n) is 4.60. The fourth-order valence-electron chi connectivity index (χ4n) is 3.49. The summed E-state index contributed by atoms with van der Waals surface area (Å²) >= 11 is 6.06. The summed E-state index contributed by atoms with van der Waals surface area (Å²) in [6.45, 7) is 5.65. The van der Waals surface area contributed by atoms with Gasteiger partial charge < -0.3 is 15.4 Å². The molecule has 0 saturated carbocycles. The maximum absolute atomic E-state index is 6.36. The van der Waals surface area contributed by atoms with Crippen LogP contribution in [0.5, 0.6) is 5.75 Å². The van der Waals surface area contributed by atoms with Crippen LogP contribution in [0.15, 0.2) is 18.2 Å². The first-order chi connectivity index (χ1) is 9.62. The number of hydrogen-bond acceptors (Lipinski definition) is 3. The van der Waals surface area contributed by atoms with Crippen LogP contribution in [0, 0.1) is 0 Å². The summed E-state index contributed by atoms with van der Waals surface area (Å²) in [5, 5.41) is 0.733. The number of nitrogens with two attached hydrogens (primary N) is 1. The van der Waals surface area contributed by atoms with Gasteiger partial charge in [-0.2, -0.15) is 0 Å². The van der Waals surface area contributed by atoms with Crippen molar-refractivity contribution in [1.29, 1.82) is 0 Å². The molecule has 1 aromatic carbocycles. The Morgan fingerprint density at radius 1 is 1.40 bits per heavy atom. The Balaban J connectivity index is 1.76. The summed E-state index contributed by atoms with van der Waals surface area (Å²) in [7, 11) is 0. The highest BCUT2D eigenvalue weighted by Gasteiger charge is 2.42. The monoisotopic (exact) mass is 294 g/mol. The molecule has 2 aliphatic heterocycles. The van der Waals surface area contributed by atoms with E-state index in [9.17, 15) is 0 Å². The third kappa shape index (κ3) is 2.67. The molecule has 0 bridgehead atoms. The molecule has 2 aliphatic rings. The minimum Gasteiger partial charge on any atom is -0.487 e. The molecule has 0 amide bonds. The maximum Gasteiger partial charge on any atom is 0.125 e. The zero-order chi connectivity index (χ0) is 14.2. The molecular weight excluding hydrogens is 272 g/mol. The van der Waals surface area contributed by atoms with Crippen molar-refractivity contribution in [2.24, 2.45) is 5.73 Å². The molecule has 110 valence electrons. The second-order valence-electron chi connectivity index (χ2n) is 6.12. The highest BCUT2D eigenvalue weighted by atomic mass is 35.5. The van der Waals surface area contributed by atoms with Gasteiger partial charge in [0.25, 0.3) is 0 Å². The van der Waals surface area contributed by atoms with E-state index < -0.39 is 0 Å². The lowest BCUT2D eigenvalue weighted by molar-refractivity contribution is -0.0215. The van der Waals surface area contributed by atoms with Gasteiger partial charge >= 0.3 is 0 Å². The molecule has 3 nitrogen and oxygen atoms in total. The summed E-state index contributed by atoms with van der Waals surface area (Å²) in [6, 6.07) is 5.84. The maximum atomic E-state index is 6.36. The van der Waals surface area contributed by atoms with Gasteiger partial charge in [-0.05, 0) is 44.0 Å². The van der Waals surface area contributed by atoms with Crippen LogP contribution < -0.4 is 10.5 Å². The average Bonchev–Trinajstić information content (AvgIpc) is 2.43. The molecule has 20 heavy (non-hydrogen) atoms. The molecule has 1 atom stereocenters. The van der Waals surface area contributed by atoms with Crippen molar-refractivity contribution in [1.82, 2.24) is 4.90 Å². The average molecular weight is 295 g/mol. The van der Waals surface area contributed by atoms with Gasteiger partial charge in [0, 0.05) is 36.1 Å². The molecule has 0 unspecified atom stereocenters. The first kappa shape index (κ1) is 14.2. The quantitative estimate of drug-likeness (QED) is 0.909. The van der Waals surface area contributed by atoms with E-state index in [1.54, 1.807) is 0 Å². The van der Waals surface area contributed by atoms with Gasteiger partial charge in [-0.3, -0.25) is 0 Å². The number of nitrogens with zero attached hydrogens (tertiary/aromatic N) is 1. The molecule has 3 rings (SSSR count). The van der Waals surface area contributed by atoms with Crippen LogP contribution in [0.4, 0.5) is 0 Å². The summed E-state index contributed by atoms with van der Waals surface area (Å²) < 4.78 is 6.35. The third-order valence-corrected chi connectivity index (χ3v) is 4.83. The van der Waals surface area contributed by atoms with Crippen molar-refractivity contribution < 1.29 is 4.74 Å². The summed E-state index contributed by atoms with van der Waals surface area (Å²) in [6.07, 6.45) is 4.26.